The number of hydrogen-bond acceptors (Lipinski definition) is 1. The van der Waals surface area contributed by atoms with Gasteiger partial charge in [0.05, 0.1) is 17.0 Å². The third-order valence-corrected chi connectivity index (χ3v) is 4.85. The lowest BCUT2D eigenvalue weighted by Crippen LogP contribution is -1.99. The first-order chi connectivity index (χ1) is 9.43. The van der Waals surface area contributed by atoms with Crippen LogP contribution < -0.4 is 4.74 Å². The highest BCUT2D eigenvalue weighted by atomic mass is 79.9. The molecule has 0 spiro atoms. The first-order valence-electron chi connectivity index (χ1n) is 5.56. The summed E-state index contributed by atoms with van der Waals surface area (Å²) in [5, 5.41) is 0.699. The first kappa shape index (κ1) is 16.4. The van der Waals surface area contributed by atoms with Gasteiger partial charge in [0, 0.05) is 20.1 Å². The Hall–Kier alpha value is 0.0700. The Balaban J connectivity index is 2.55. The zero-order valence-electron chi connectivity index (χ0n) is 10.3. The van der Waals surface area contributed by atoms with Gasteiger partial charge in [0.15, 0.2) is 0 Å². The van der Waals surface area contributed by atoms with Crippen LogP contribution in [0.4, 0.5) is 0 Å². The topological polar surface area (TPSA) is 9.23 Å². The normalized spacial score (nSPS) is 12.3. The molecule has 0 amide bonds. The molecular formula is C14H9Br2Cl3O. The maximum Gasteiger partial charge on any atom is 0.138 e. The van der Waals surface area contributed by atoms with Crippen LogP contribution in [0.15, 0.2) is 39.3 Å². The highest BCUT2D eigenvalue weighted by Gasteiger charge is 2.21. The van der Waals surface area contributed by atoms with Gasteiger partial charge in [0.2, 0.25) is 0 Å². The van der Waals surface area contributed by atoms with Crippen molar-refractivity contribution in [1.29, 1.82) is 0 Å². The van der Waals surface area contributed by atoms with Crippen LogP contribution in [0.2, 0.25) is 10.0 Å². The van der Waals surface area contributed by atoms with Crippen molar-refractivity contribution in [2.45, 2.75) is 5.38 Å². The Kier molecular flexibility index (Phi) is 5.66. The molecule has 0 aliphatic rings. The molecular weight excluding hydrogens is 450 g/mol. The van der Waals surface area contributed by atoms with E-state index in [0.717, 1.165) is 20.1 Å². The van der Waals surface area contributed by atoms with Gasteiger partial charge in [-0.1, -0.05) is 45.2 Å². The van der Waals surface area contributed by atoms with Crippen LogP contribution in [-0.4, -0.2) is 7.11 Å². The molecule has 2 aromatic carbocycles. The molecule has 106 valence electrons. The van der Waals surface area contributed by atoms with Gasteiger partial charge < -0.3 is 4.74 Å². The molecule has 0 heterocycles. The lowest BCUT2D eigenvalue weighted by molar-refractivity contribution is 0.407. The molecule has 0 fully saturated rings. The van der Waals surface area contributed by atoms with Crippen molar-refractivity contribution in [3.8, 4) is 5.75 Å². The Bertz CT molecular complexity index is 647. The monoisotopic (exact) mass is 456 g/mol. The molecule has 1 atom stereocenters. The number of methoxy groups -OCH3 is 1. The van der Waals surface area contributed by atoms with Crippen LogP contribution in [0.5, 0.6) is 5.75 Å². The van der Waals surface area contributed by atoms with Crippen molar-refractivity contribution >= 4 is 66.7 Å². The second-order valence-corrected chi connectivity index (χ2v) is 7.09. The molecule has 0 bridgehead atoms. The van der Waals surface area contributed by atoms with Crippen molar-refractivity contribution in [2.75, 3.05) is 7.11 Å². The summed E-state index contributed by atoms with van der Waals surface area (Å²) < 4.78 is 7.04. The molecule has 0 aliphatic heterocycles. The summed E-state index contributed by atoms with van der Waals surface area (Å²) >= 11 is 25.7. The minimum atomic E-state index is -0.458. The Morgan fingerprint density at radius 3 is 2.35 bits per heavy atom. The van der Waals surface area contributed by atoms with Gasteiger partial charge in [-0.25, -0.2) is 0 Å². The summed E-state index contributed by atoms with van der Waals surface area (Å²) in [6, 6.07) is 9.11. The fourth-order valence-electron chi connectivity index (χ4n) is 1.86. The Morgan fingerprint density at radius 1 is 1.05 bits per heavy atom. The van der Waals surface area contributed by atoms with Crippen LogP contribution in [0.3, 0.4) is 0 Å². The standard InChI is InChI=1S/C14H9Br2Cl3O/c1-20-14-10(5-8(17)6-11(14)16)13(19)9-3-2-7(15)4-12(9)18/h2-6,13H,1H3. The highest BCUT2D eigenvalue weighted by molar-refractivity contribution is 9.10. The van der Waals surface area contributed by atoms with Crippen LogP contribution in [0, 0.1) is 0 Å². The van der Waals surface area contributed by atoms with Crippen LogP contribution in [0.25, 0.3) is 0 Å². The largest absolute Gasteiger partial charge is 0.495 e. The van der Waals surface area contributed by atoms with E-state index in [2.05, 4.69) is 31.9 Å². The van der Waals surface area contributed by atoms with E-state index in [1.807, 2.05) is 12.1 Å². The summed E-state index contributed by atoms with van der Waals surface area (Å²) in [5.41, 5.74) is 1.56. The second kappa shape index (κ2) is 6.89. The van der Waals surface area contributed by atoms with Gasteiger partial charge in [0.1, 0.15) is 5.75 Å². The summed E-state index contributed by atoms with van der Waals surface area (Å²) in [5.74, 6) is 0.647. The summed E-state index contributed by atoms with van der Waals surface area (Å²) in [6.45, 7) is 0. The third kappa shape index (κ3) is 3.45. The van der Waals surface area contributed by atoms with Crippen molar-refractivity contribution in [2.24, 2.45) is 0 Å². The number of rotatable bonds is 3. The quantitative estimate of drug-likeness (QED) is 0.456. The van der Waals surface area contributed by atoms with Crippen LogP contribution in [-0.2, 0) is 0 Å². The molecule has 0 radical (unpaired) electrons. The zero-order valence-corrected chi connectivity index (χ0v) is 15.7. The molecule has 1 nitrogen and oxygen atoms in total. The average Bonchev–Trinajstić information content (AvgIpc) is 2.37. The molecule has 0 saturated heterocycles. The van der Waals surface area contributed by atoms with Gasteiger partial charge >= 0.3 is 0 Å². The Labute approximate surface area is 149 Å². The molecule has 0 saturated carbocycles. The van der Waals surface area contributed by atoms with E-state index in [0.29, 0.717) is 15.8 Å². The van der Waals surface area contributed by atoms with E-state index in [1.165, 1.54) is 0 Å². The van der Waals surface area contributed by atoms with E-state index in [9.17, 15) is 0 Å². The number of benzene rings is 2. The summed E-state index contributed by atoms with van der Waals surface area (Å²) in [4.78, 5) is 0. The van der Waals surface area contributed by atoms with Crippen molar-refractivity contribution in [3.63, 3.8) is 0 Å². The van der Waals surface area contributed by atoms with E-state index < -0.39 is 5.38 Å². The predicted molar refractivity (Wildman–Crippen MR) is 92.6 cm³/mol. The van der Waals surface area contributed by atoms with E-state index >= 15 is 0 Å². The van der Waals surface area contributed by atoms with Gasteiger partial charge in [-0.3, -0.25) is 0 Å². The fraction of sp³-hybridized carbons (Fsp3) is 0.143. The minimum Gasteiger partial charge on any atom is -0.495 e. The number of hydrogen-bond donors (Lipinski definition) is 0. The molecule has 0 aliphatic carbocycles. The van der Waals surface area contributed by atoms with E-state index in [1.54, 1.807) is 25.3 Å². The first-order valence-corrected chi connectivity index (χ1v) is 8.33. The lowest BCUT2D eigenvalue weighted by atomic mass is 10.0. The predicted octanol–water partition coefficient (Wildman–Crippen LogP) is 6.86. The second-order valence-electron chi connectivity index (χ2n) is 4.04. The molecule has 2 aromatic rings. The number of halogens is 5. The number of alkyl halides is 1. The van der Waals surface area contributed by atoms with Gasteiger partial charge in [-0.15, -0.1) is 11.6 Å². The maximum atomic E-state index is 6.56. The third-order valence-electron chi connectivity index (χ3n) is 2.75. The highest BCUT2D eigenvalue weighted by Crippen LogP contribution is 2.43. The molecule has 1 unspecified atom stereocenters. The van der Waals surface area contributed by atoms with E-state index in [4.69, 9.17) is 39.5 Å². The number of ether oxygens (including phenoxy) is 1. The minimum absolute atomic E-state index is 0.458. The average molecular weight is 459 g/mol. The van der Waals surface area contributed by atoms with Crippen molar-refractivity contribution in [3.05, 3.63) is 60.4 Å². The van der Waals surface area contributed by atoms with Gasteiger partial charge in [0.25, 0.3) is 0 Å². The maximum absolute atomic E-state index is 6.56. The zero-order chi connectivity index (χ0) is 14.9. The van der Waals surface area contributed by atoms with E-state index in [-0.39, 0.29) is 0 Å². The molecule has 0 aromatic heterocycles. The summed E-state index contributed by atoms with van der Waals surface area (Å²) in [7, 11) is 1.59. The molecule has 0 N–H and O–H groups in total. The lowest BCUT2D eigenvalue weighted by Gasteiger charge is -2.17. The Morgan fingerprint density at radius 2 is 1.75 bits per heavy atom. The fourth-order valence-corrected chi connectivity index (χ4v) is 4.05. The van der Waals surface area contributed by atoms with Crippen molar-refractivity contribution < 1.29 is 4.74 Å². The van der Waals surface area contributed by atoms with Crippen molar-refractivity contribution in [1.82, 2.24) is 0 Å². The van der Waals surface area contributed by atoms with Crippen LogP contribution in [0.1, 0.15) is 16.5 Å². The molecule has 2 rings (SSSR count). The molecule has 20 heavy (non-hydrogen) atoms. The molecule has 6 heteroatoms. The van der Waals surface area contributed by atoms with Gasteiger partial charge in [-0.05, 0) is 45.8 Å². The SMILES string of the molecule is COc1c(Br)cc(Cl)cc1C(Cl)c1ccc(Br)cc1Cl. The summed E-state index contributed by atoms with van der Waals surface area (Å²) in [6.07, 6.45) is 0. The van der Waals surface area contributed by atoms with Crippen LogP contribution >= 0.6 is 66.7 Å². The van der Waals surface area contributed by atoms with Gasteiger partial charge in [-0.2, -0.15) is 0 Å². The smallest absolute Gasteiger partial charge is 0.138 e.